The quantitative estimate of drug-likeness (QED) is 0.364. The molecule has 0 saturated carbocycles. The molecular weight excluding hydrogens is 386 g/mol. The van der Waals surface area contributed by atoms with Crippen molar-refractivity contribution < 1.29 is 9.59 Å². The van der Waals surface area contributed by atoms with Gasteiger partial charge >= 0.3 is 0 Å². The third kappa shape index (κ3) is 3.84. The lowest BCUT2D eigenvalue weighted by molar-refractivity contribution is -0.112. The maximum Gasteiger partial charge on any atom is 0.298 e. The summed E-state index contributed by atoms with van der Waals surface area (Å²) in [5.74, 6) is -1.36. The van der Waals surface area contributed by atoms with Crippen LogP contribution in [-0.4, -0.2) is 16.1 Å². The van der Waals surface area contributed by atoms with Gasteiger partial charge in [0.2, 0.25) is 0 Å². The highest BCUT2D eigenvalue weighted by Gasteiger charge is 2.25. The predicted molar refractivity (Wildman–Crippen MR) is 121 cm³/mol. The van der Waals surface area contributed by atoms with E-state index in [1.54, 1.807) is 42.6 Å². The number of nitrogens with one attached hydrogen (secondary N) is 1. The van der Waals surface area contributed by atoms with E-state index < -0.39 is 17.1 Å². The minimum Gasteiger partial charge on any atom is -0.319 e. The van der Waals surface area contributed by atoms with Crippen molar-refractivity contribution in [3.63, 3.8) is 0 Å². The molecule has 2 heterocycles. The summed E-state index contributed by atoms with van der Waals surface area (Å²) in [6, 6.07) is 26.3. The molecule has 0 unspecified atom stereocenters. The van der Waals surface area contributed by atoms with Crippen molar-refractivity contribution in [3.05, 3.63) is 96.3 Å². The van der Waals surface area contributed by atoms with E-state index in [1.165, 1.54) is 0 Å². The van der Waals surface area contributed by atoms with E-state index in [-0.39, 0.29) is 0 Å². The predicted octanol–water partition coefficient (Wildman–Crippen LogP) is 5.23. The number of hydrogen-bond donors (Lipinski definition) is 1. The van der Waals surface area contributed by atoms with Crippen LogP contribution >= 0.6 is 0 Å². The van der Waals surface area contributed by atoms with E-state index in [1.807, 2.05) is 60.7 Å². The molecule has 5 nitrogen and oxygen atoms in total. The van der Waals surface area contributed by atoms with Crippen LogP contribution in [0.15, 0.2) is 85.1 Å². The van der Waals surface area contributed by atoms with Gasteiger partial charge in [0.15, 0.2) is 0 Å². The zero-order chi connectivity index (χ0) is 22.0. The molecule has 0 radical (unpaired) electrons. The Morgan fingerprint density at radius 1 is 0.935 bits per heavy atom. The van der Waals surface area contributed by atoms with Crippen LogP contribution in [0.2, 0.25) is 0 Å². The molecule has 152 valence electrons. The van der Waals surface area contributed by atoms with Gasteiger partial charge in [-0.2, -0.15) is 5.26 Å². The Morgan fingerprint density at radius 2 is 1.68 bits per heavy atom. The monoisotopic (exact) mass is 407 g/mol. The minimum absolute atomic E-state index is 0.313. The van der Waals surface area contributed by atoms with Crippen LogP contribution in [0.4, 0.5) is 5.69 Å². The number of carbonyl (C=O) groups excluding carboxylic acids is 2. The zero-order valence-electron chi connectivity index (χ0n) is 17.3. The van der Waals surface area contributed by atoms with Gasteiger partial charge in [-0.25, -0.2) is 0 Å². The molecule has 0 fully saturated rings. The van der Waals surface area contributed by atoms with Crippen molar-refractivity contribution in [3.8, 4) is 17.2 Å². The molecular formula is C26H21N3O2. The van der Waals surface area contributed by atoms with Crippen LogP contribution in [-0.2, 0) is 10.2 Å². The number of aromatic nitrogens is 1. The third-order valence-corrected chi connectivity index (χ3v) is 5.31. The molecule has 4 aromatic rings. The van der Waals surface area contributed by atoms with Gasteiger partial charge in [-0.1, -0.05) is 48.5 Å². The van der Waals surface area contributed by atoms with Gasteiger partial charge in [-0.15, -0.1) is 0 Å². The zero-order valence-corrected chi connectivity index (χ0v) is 17.3. The fraction of sp³-hybridized carbons (Fsp3) is 0.115. The lowest BCUT2D eigenvalue weighted by Gasteiger charge is -2.17. The summed E-state index contributed by atoms with van der Waals surface area (Å²) in [5.41, 5.74) is 3.23. The largest absolute Gasteiger partial charge is 0.319 e. The second kappa shape index (κ2) is 7.92. The van der Waals surface area contributed by atoms with E-state index in [2.05, 4.69) is 11.4 Å². The fourth-order valence-electron chi connectivity index (χ4n) is 3.54. The Bertz CT molecular complexity index is 1330. The highest BCUT2D eigenvalue weighted by atomic mass is 16.2. The molecule has 1 amide bonds. The maximum absolute atomic E-state index is 13.3. The average Bonchev–Trinajstić information content (AvgIpc) is 3.19. The third-order valence-electron chi connectivity index (χ3n) is 5.31. The van der Waals surface area contributed by atoms with Gasteiger partial charge in [0.25, 0.3) is 11.7 Å². The van der Waals surface area contributed by atoms with Crippen molar-refractivity contribution in [2.24, 2.45) is 0 Å². The van der Waals surface area contributed by atoms with E-state index in [4.69, 9.17) is 0 Å². The summed E-state index contributed by atoms with van der Waals surface area (Å²) in [7, 11) is 0. The minimum atomic E-state index is -0.729. The lowest BCUT2D eigenvalue weighted by atomic mass is 9.86. The number of pyridine rings is 1. The molecule has 4 rings (SSSR count). The Morgan fingerprint density at radius 3 is 2.42 bits per heavy atom. The highest BCUT2D eigenvalue weighted by molar-refractivity contribution is 6.47. The van der Waals surface area contributed by atoms with Crippen LogP contribution in [0.3, 0.4) is 0 Å². The number of carbonyl (C=O) groups is 2. The van der Waals surface area contributed by atoms with Gasteiger partial charge in [0.1, 0.15) is 5.69 Å². The second-order valence-electron chi connectivity index (χ2n) is 7.87. The van der Waals surface area contributed by atoms with Gasteiger partial charge in [-0.05, 0) is 55.3 Å². The van der Waals surface area contributed by atoms with Gasteiger partial charge in [-0.3, -0.25) is 9.59 Å². The molecule has 2 aromatic carbocycles. The van der Waals surface area contributed by atoms with E-state index >= 15 is 0 Å². The van der Waals surface area contributed by atoms with Crippen molar-refractivity contribution in [1.29, 1.82) is 5.26 Å². The SMILES string of the molecule is CC(C)(C#N)c1cccc(NC(=O)C(=O)c2c(-c3ccccc3)cc3ccccn23)c1. The fourth-order valence-corrected chi connectivity index (χ4v) is 3.54. The molecule has 0 spiro atoms. The summed E-state index contributed by atoms with van der Waals surface area (Å²) in [5, 5.41) is 12.1. The summed E-state index contributed by atoms with van der Waals surface area (Å²) in [4.78, 5) is 26.2. The Kier molecular flexibility index (Phi) is 5.14. The summed E-state index contributed by atoms with van der Waals surface area (Å²) < 4.78 is 1.74. The van der Waals surface area contributed by atoms with Crippen LogP contribution in [0.5, 0.6) is 0 Å². The Labute approximate surface area is 180 Å². The maximum atomic E-state index is 13.3. The molecule has 1 N–H and O–H groups in total. The van der Waals surface area contributed by atoms with Crippen molar-refractivity contribution in [1.82, 2.24) is 4.40 Å². The summed E-state index contributed by atoms with van der Waals surface area (Å²) in [6.45, 7) is 3.61. The first kappa shape index (κ1) is 20.1. The molecule has 5 heteroatoms. The Hall–Kier alpha value is -4.17. The Balaban J connectivity index is 1.72. The van der Waals surface area contributed by atoms with E-state index in [9.17, 15) is 14.9 Å². The molecule has 2 aromatic heterocycles. The number of nitrogens with zero attached hydrogens (tertiary/aromatic N) is 2. The molecule has 0 saturated heterocycles. The number of amides is 1. The number of hydrogen-bond acceptors (Lipinski definition) is 3. The number of fused-ring (bicyclic) bond motifs is 1. The highest BCUT2D eigenvalue weighted by Crippen LogP contribution is 2.29. The van der Waals surface area contributed by atoms with Crippen molar-refractivity contribution in [2.75, 3.05) is 5.32 Å². The second-order valence-corrected chi connectivity index (χ2v) is 7.87. The normalized spacial score (nSPS) is 11.1. The van der Waals surface area contributed by atoms with Crippen molar-refractivity contribution >= 4 is 22.9 Å². The topological polar surface area (TPSA) is 74.4 Å². The van der Waals surface area contributed by atoms with Crippen LogP contribution < -0.4 is 5.32 Å². The first-order valence-electron chi connectivity index (χ1n) is 9.94. The number of rotatable bonds is 5. The smallest absolute Gasteiger partial charge is 0.298 e. The average molecular weight is 407 g/mol. The van der Waals surface area contributed by atoms with Crippen molar-refractivity contribution in [2.45, 2.75) is 19.3 Å². The first-order valence-corrected chi connectivity index (χ1v) is 9.94. The first-order chi connectivity index (χ1) is 14.9. The number of ketones is 1. The molecule has 31 heavy (non-hydrogen) atoms. The molecule has 0 bridgehead atoms. The number of anilines is 1. The number of benzene rings is 2. The summed E-state index contributed by atoms with van der Waals surface area (Å²) in [6.07, 6.45) is 1.78. The van der Waals surface area contributed by atoms with E-state index in [0.717, 1.165) is 16.6 Å². The number of nitriles is 1. The van der Waals surface area contributed by atoms with Gasteiger partial charge in [0.05, 0.1) is 11.5 Å². The van der Waals surface area contributed by atoms with Gasteiger partial charge < -0.3 is 9.72 Å². The number of Topliss-reactive ketones (excluding diaryl/α,β-unsaturated/α-hetero) is 1. The van der Waals surface area contributed by atoms with E-state index in [0.29, 0.717) is 16.9 Å². The molecule has 0 aliphatic carbocycles. The van der Waals surface area contributed by atoms with Crippen LogP contribution in [0.1, 0.15) is 29.9 Å². The van der Waals surface area contributed by atoms with Gasteiger partial charge in [0, 0.05) is 23.0 Å². The standard InChI is InChI=1S/C26H21N3O2/c1-26(2,17-27)19-11-8-12-20(15-19)28-25(31)24(30)23-22(18-9-4-3-5-10-18)16-21-13-6-7-14-29(21)23/h3-16H,1-2H3,(H,28,31). The molecule has 0 atom stereocenters. The van der Waals surface area contributed by atoms with Crippen LogP contribution in [0, 0.1) is 11.3 Å². The van der Waals surface area contributed by atoms with Crippen LogP contribution in [0.25, 0.3) is 16.6 Å². The summed E-state index contributed by atoms with van der Waals surface area (Å²) >= 11 is 0. The molecule has 0 aliphatic heterocycles. The lowest BCUT2D eigenvalue weighted by Crippen LogP contribution is -2.25. The molecule has 0 aliphatic rings.